The molecular formula is C14H22N2O. The van der Waals surface area contributed by atoms with Crippen LogP contribution >= 0.6 is 0 Å². The van der Waals surface area contributed by atoms with E-state index in [1.54, 1.807) is 7.11 Å². The fourth-order valence-electron chi connectivity index (χ4n) is 2.30. The molecule has 0 spiro atoms. The molecule has 1 aromatic rings. The van der Waals surface area contributed by atoms with E-state index >= 15 is 0 Å². The highest BCUT2D eigenvalue weighted by Gasteiger charge is 2.21. The van der Waals surface area contributed by atoms with Gasteiger partial charge in [0, 0.05) is 24.7 Å². The molecule has 3 nitrogen and oxygen atoms in total. The molecule has 0 atom stereocenters. The zero-order valence-corrected chi connectivity index (χ0v) is 10.8. The van der Waals surface area contributed by atoms with Crippen molar-refractivity contribution in [1.82, 2.24) is 4.90 Å². The summed E-state index contributed by atoms with van der Waals surface area (Å²) in [5, 5.41) is 0. The summed E-state index contributed by atoms with van der Waals surface area (Å²) in [5.41, 5.74) is 8.04. The number of hydrogen-bond donors (Lipinski definition) is 1. The normalized spacial score (nSPS) is 16.0. The number of methoxy groups -OCH3 is 1. The first-order chi connectivity index (χ1) is 8.24. The highest BCUT2D eigenvalue weighted by molar-refractivity contribution is 5.37. The molecule has 0 heterocycles. The zero-order valence-electron chi connectivity index (χ0n) is 10.8. The number of ether oxygens (including phenoxy) is 1. The van der Waals surface area contributed by atoms with Gasteiger partial charge in [-0.25, -0.2) is 0 Å². The van der Waals surface area contributed by atoms with Crippen LogP contribution in [0.1, 0.15) is 30.4 Å². The SMILES string of the molecule is COc1cc(CN(C)C2CCC2)ccc1CN. The molecule has 0 unspecified atom stereocenters. The van der Waals surface area contributed by atoms with E-state index in [2.05, 4.69) is 30.1 Å². The Morgan fingerprint density at radius 2 is 2.18 bits per heavy atom. The highest BCUT2D eigenvalue weighted by Crippen LogP contribution is 2.26. The lowest BCUT2D eigenvalue weighted by molar-refractivity contribution is 0.152. The van der Waals surface area contributed by atoms with Gasteiger partial charge in [0.1, 0.15) is 5.75 Å². The molecule has 0 saturated heterocycles. The van der Waals surface area contributed by atoms with Crippen LogP contribution < -0.4 is 10.5 Å². The molecule has 1 fully saturated rings. The maximum absolute atomic E-state index is 5.67. The molecule has 2 N–H and O–H groups in total. The quantitative estimate of drug-likeness (QED) is 0.848. The lowest BCUT2D eigenvalue weighted by Gasteiger charge is -2.34. The van der Waals surface area contributed by atoms with Crippen molar-refractivity contribution in [1.29, 1.82) is 0 Å². The molecular weight excluding hydrogens is 212 g/mol. The first-order valence-electron chi connectivity index (χ1n) is 6.30. The van der Waals surface area contributed by atoms with Gasteiger partial charge in [-0.15, -0.1) is 0 Å². The van der Waals surface area contributed by atoms with E-state index < -0.39 is 0 Å². The van der Waals surface area contributed by atoms with Gasteiger partial charge in [0.05, 0.1) is 7.11 Å². The lowest BCUT2D eigenvalue weighted by atomic mass is 9.91. The van der Waals surface area contributed by atoms with Crippen molar-refractivity contribution in [2.75, 3.05) is 14.2 Å². The van der Waals surface area contributed by atoms with Crippen molar-refractivity contribution in [3.05, 3.63) is 29.3 Å². The first kappa shape index (κ1) is 12.4. The van der Waals surface area contributed by atoms with Gasteiger partial charge < -0.3 is 10.5 Å². The summed E-state index contributed by atoms with van der Waals surface area (Å²) in [6.07, 6.45) is 4.06. The van der Waals surface area contributed by atoms with E-state index in [-0.39, 0.29) is 0 Å². The van der Waals surface area contributed by atoms with E-state index in [0.29, 0.717) is 6.54 Å². The first-order valence-corrected chi connectivity index (χ1v) is 6.30. The van der Waals surface area contributed by atoms with Crippen molar-refractivity contribution < 1.29 is 4.74 Å². The van der Waals surface area contributed by atoms with Crippen LogP contribution in [0.3, 0.4) is 0 Å². The smallest absolute Gasteiger partial charge is 0.123 e. The van der Waals surface area contributed by atoms with Crippen molar-refractivity contribution in [2.24, 2.45) is 5.73 Å². The molecule has 1 saturated carbocycles. The molecule has 0 bridgehead atoms. The predicted octanol–water partition coefficient (Wildman–Crippen LogP) is 2.14. The molecule has 17 heavy (non-hydrogen) atoms. The maximum Gasteiger partial charge on any atom is 0.123 e. The van der Waals surface area contributed by atoms with Crippen molar-refractivity contribution in [3.63, 3.8) is 0 Å². The van der Waals surface area contributed by atoms with E-state index in [1.807, 2.05) is 0 Å². The maximum atomic E-state index is 5.67. The lowest BCUT2D eigenvalue weighted by Crippen LogP contribution is -2.36. The summed E-state index contributed by atoms with van der Waals surface area (Å²) >= 11 is 0. The highest BCUT2D eigenvalue weighted by atomic mass is 16.5. The van der Waals surface area contributed by atoms with Crippen LogP contribution in [0.15, 0.2) is 18.2 Å². The van der Waals surface area contributed by atoms with Gasteiger partial charge in [-0.2, -0.15) is 0 Å². The third-order valence-electron chi connectivity index (χ3n) is 3.70. The number of nitrogens with zero attached hydrogens (tertiary/aromatic N) is 1. The molecule has 0 aromatic heterocycles. The summed E-state index contributed by atoms with van der Waals surface area (Å²) in [4.78, 5) is 2.43. The van der Waals surface area contributed by atoms with Crippen LogP contribution in [0.4, 0.5) is 0 Å². The Morgan fingerprint density at radius 1 is 1.41 bits per heavy atom. The average Bonchev–Trinajstić information content (AvgIpc) is 2.26. The van der Waals surface area contributed by atoms with Gasteiger partial charge in [0.25, 0.3) is 0 Å². The Hall–Kier alpha value is -1.06. The number of nitrogens with two attached hydrogens (primary N) is 1. The zero-order chi connectivity index (χ0) is 12.3. The van der Waals surface area contributed by atoms with Crippen LogP contribution in [0.25, 0.3) is 0 Å². The molecule has 3 heteroatoms. The Labute approximate surface area is 104 Å². The Kier molecular flexibility index (Phi) is 4.02. The molecule has 94 valence electrons. The monoisotopic (exact) mass is 234 g/mol. The van der Waals surface area contributed by atoms with Crippen molar-refractivity contribution in [2.45, 2.75) is 38.4 Å². The van der Waals surface area contributed by atoms with E-state index in [0.717, 1.165) is 23.9 Å². The van der Waals surface area contributed by atoms with E-state index in [9.17, 15) is 0 Å². The van der Waals surface area contributed by atoms with Gasteiger partial charge in [-0.3, -0.25) is 4.90 Å². The second kappa shape index (κ2) is 5.52. The molecule has 1 aromatic carbocycles. The molecule has 0 radical (unpaired) electrons. The van der Waals surface area contributed by atoms with E-state index in [1.165, 1.54) is 24.8 Å². The molecule has 1 aliphatic rings. The van der Waals surface area contributed by atoms with E-state index in [4.69, 9.17) is 10.5 Å². The second-order valence-electron chi connectivity index (χ2n) is 4.85. The second-order valence-corrected chi connectivity index (χ2v) is 4.85. The van der Waals surface area contributed by atoms with Gasteiger partial charge in [-0.05, 0) is 31.5 Å². The van der Waals surface area contributed by atoms with Crippen LogP contribution in [0, 0.1) is 0 Å². The summed E-state index contributed by atoms with van der Waals surface area (Å²) in [5.74, 6) is 0.909. The Morgan fingerprint density at radius 3 is 2.71 bits per heavy atom. The third-order valence-corrected chi connectivity index (χ3v) is 3.70. The van der Waals surface area contributed by atoms with Crippen LogP contribution in [-0.4, -0.2) is 25.1 Å². The standard InChI is InChI=1S/C14H22N2O/c1-16(13-4-3-5-13)10-11-6-7-12(9-15)14(8-11)17-2/h6-8,13H,3-5,9-10,15H2,1-2H3. The average molecular weight is 234 g/mol. The fraction of sp³-hybridized carbons (Fsp3) is 0.571. The molecule has 1 aliphatic carbocycles. The number of benzene rings is 1. The van der Waals surface area contributed by atoms with Gasteiger partial charge in [0.15, 0.2) is 0 Å². The summed E-state index contributed by atoms with van der Waals surface area (Å²) in [6.45, 7) is 1.52. The molecule has 0 aliphatic heterocycles. The number of hydrogen-bond acceptors (Lipinski definition) is 3. The van der Waals surface area contributed by atoms with Crippen LogP contribution in [-0.2, 0) is 13.1 Å². The largest absolute Gasteiger partial charge is 0.496 e. The molecule has 0 amide bonds. The van der Waals surface area contributed by atoms with Gasteiger partial charge in [-0.1, -0.05) is 18.6 Å². The summed E-state index contributed by atoms with van der Waals surface area (Å²) < 4.78 is 5.36. The molecule has 2 rings (SSSR count). The van der Waals surface area contributed by atoms with Crippen molar-refractivity contribution in [3.8, 4) is 5.75 Å². The minimum absolute atomic E-state index is 0.530. The fourth-order valence-corrected chi connectivity index (χ4v) is 2.30. The Balaban J connectivity index is 2.05. The number of rotatable bonds is 5. The van der Waals surface area contributed by atoms with Gasteiger partial charge >= 0.3 is 0 Å². The summed E-state index contributed by atoms with van der Waals surface area (Å²) in [7, 11) is 3.90. The Bertz CT molecular complexity index is 374. The third kappa shape index (κ3) is 2.79. The van der Waals surface area contributed by atoms with Crippen LogP contribution in [0.5, 0.6) is 5.75 Å². The minimum Gasteiger partial charge on any atom is -0.496 e. The summed E-state index contributed by atoms with van der Waals surface area (Å²) in [6, 6.07) is 7.11. The van der Waals surface area contributed by atoms with Crippen LogP contribution in [0.2, 0.25) is 0 Å². The van der Waals surface area contributed by atoms with Crippen molar-refractivity contribution >= 4 is 0 Å². The predicted molar refractivity (Wildman–Crippen MR) is 70.0 cm³/mol. The minimum atomic E-state index is 0.530. The van der Waals surface area contributed by atoms with Gasteiger partial charge in [0.2, 0.25) is 0 Å². The topological polar surface area (TPSA) is 38.5 Å².